The van der Waals surface area contributed by atoms with Crippen molar-refractivity contribution in [1.29, 1.82) is 0 Å². The van der Waals surface area contributed by atoms with Crippen LogP contribution in [0.1, 0.15) is 22.3 Å². The van der Waals surface area contributed by atoms with Gasteiger partial charge in [-0.05, 0) is 24.1 Å². The molecular formula is C12H16N2O2S. The van der Waals surface area contributed by atoms with Crippen LogP contribution in [0.3, 0.4) is 0 Å². The summed E-state index contributed by atoms with van der Waals surface area (Å²) in [7, 11) is 0. The highest BCUT2D eigenvalue weighted by Crippen LogP contribution is 2.06. The number of rotatable bonds is 6. The molecule has 0 saturated heterocycles. The smallest absolute Gasteiger partial charge is 0.251 e. The van der Waals surface area contributed by atoms with Gasteiger partial charge >= 0.3 is 0 Å². The summed E-state index contributed by atoms with van der Waals surface area (Å²) in [6, 6.07) is 7.18. The van der Waals surface area contributed by atoms with E-state index in [1.807, 2.05) is 6.07 Å². The molecule has 1 amide bonds. The number of hydrogen-bond donors (Lipinski definition) is 3. The molecule has 5 heteroatoms. The second-order valence-corrected chi connectivity index (χ2v) is 4.20. The molecule has 17 heavy (non-hydrogen) atoms. The molecule has 92 valence electrons. The van der Waals surface area contributed by atoms with Crippen molar-refractivity contribution in [3.63, 3.8) is 0 Å². The van der Waals surface area contributed by atoms with E-state index in [1.165, 1.54) is 0 Å². The average molecular weight is 252 g/mol. The van der Waals surface area contributed by atoms with Crippen molar-refractivity contribution in [2.75, 3.05) is 13.2 Å². The van der Waals surface area contributed by atoms with Gasteiger partial charge in [0, 0.05) is 25.1 Å². The summed E-state index contributed by atoms with van der Waals surface area (Å²) in [5, 5.41) is 11.3. The first-order valence-corrected chi connectivity index (χ1v) is 5.80. The van der Waals surface area contributed by atoms with E-state index in [2.05, 4.69) is 5.32 Å². The molecule has 1 aromatic carbocycles. The largest absolute Gasteiger partial charge is 0.396 e. The summed E-state index contributed by atoms with van der Waals surface area (Å²) >= 11 is 4.82. The van der Waals surface area contributed by atoms with Crippen molar-refractivity contribution in [3.05, 3.63) is 35.4 Å². The monoisotopic (exact) mass is 252 g/mol. The molecule has 0 unspecified atom stereocenters. The molecule has 0 saturated carbocycles. The van der Waals surface area contributed by atoms with Crippen LogP contribution in [-0.4, -0.2) is 29.2 Å². The van der Waals surface area contributed by atoms with Gasteiger partial charge in [-0.3, -0.25) is 4.79 Å². The SMILES string of the molecule is NC(=S)Cc1cccc(C(=O)NCCCO)c1. The number of nitrogens with two attached hydrogens (primary N) is 1. The summed E-state index contributed by atoms with van der Waals surface area (Å²) < 4.78 is 0. The van der Waals surface area contributed by atoms with Crippen LogP contribution in [0.4, 0.5) is 0 Å². The Labute approximate surface area is 106 Å². The Hall–Kier alpha value is -1.46. The van der Waals surface area contributed by atoms with E-state index in [9.17, 15) is 4.79 Å². The van der Waals surface area contributed by atoms with Gasteiger partial charge in [-0.1, -0.05) is 24.4 Å². The highest BCUT2D eigenvalue weighted by Gasteiger charge is 2.05. The van der Waals surface area contributed by atoms with Gasteiger partial charge < -0.3 is 16.2 Å². The van der Waals surface area contributed by atoms with E-state index in [0.717, 1.165) is 5.56 Å². The minimum Gasteiger partial charge on any atom is -0.396 e. The summed E-state index contributed by atoms with van der Waals surface area (Å²) in [6.07, 6.45) is 1.05. The Bertz CT molecular complexity index is 407. The quantitative estimate of drug-likeness (QED) is 0.513. The third kappa shape index (κ3) is 4.93. The van der Waals surface area contributed by atoms with E-state index in [0.29, 0.717) is 29.9 Å². The molecule has 4 nitrogen and oxygen atoms in total. The molecule has 0 aliphatic carbocycles. The van der Waals surface area contributed by atoms with Gasteiger partial charge in [0.2, 0.25) is 0 Å². The first kappa shape index (κ1) is 13.6. The molecule has 0 radical (unpaired) electrons. The molecule has 0 aromatic heterocycles. The molecule has 0 aliphatic heterocycles. The van der Waals surface area contributed by atoms with Crippen molar-refractivity contribution in [2.24, 2.45) is 5.73 Å². The molecule has 1 rings (SSSR count). The van der Waals surface area contributed by atoms with Crippen LogP contribution in [0, 0.1) is 0 Å². The molecule has 0 heterocycles. The van der Waals surface area contributed by atoms with Crippen LogP contribution in [-0.2, 0) is 6.42 Å². The zero-order chi connectivity index (χ0) is 12.7. The topological polar surface area (TPSA) is 75.4 Å². The second kappa shape index (κ2) is 6.98. The molecular weight excluding hydrogens is 236 g/mol. The number of nitrogens with one attached hydrogen (secondary N) is 1. The zero-order valence-corrected chi connectivity index (χ0v) is 10.3. The average Bonchev–Trinajstić information content (AvgIpc) is 2.28. The molecule has 0 aliphatic rings. The lowest BCUT2D eigenvalue weighted by atomic mass is 10.1. The number of hydrogen-bond acceptors (Lipinski definition) is 3. The lowest BCUT2D eigenvalue weighted by Gasteiger charge is -2.06. The minimum atomic E-state index is -0.150. The number of carbonyl (C=O) groups excluding carboxylic acids is 1. The second-order valence-electron chi connectivity index (χ2n) is 3.68. The lowest BCUT2D eigenvalue weighted by molar-refractivity contribution is 0.0951. The van der Waals surface area contributed by atoms with Gasteiger partial charge in [-0.2, -0.15) is 0 Å². The summed E-state index contributed by atoms with van der Waals surface area (Å²) in [6.45, 7) is 0.538. The Morgan fingerprint density at radius 2 is 2.24 bits per heavy atom. The van der Waals surface area contributed by atoms with Crippen LogP contribution in [0.2, 0.25) is 0 Å². The third-order valence-corrected chi connectivity index (χ3v) is 2.33. The number of amides is 1. The van der Waals surface area contributed by atoms with Crippen molar-refractivity contribution in [1.82, 2.24) is 5.32 Å². The van der Waals surface area contributed by atoms with E-state index < -0.39 is 0 Å². The standard InChI is InChI=1S/C12H16N2O2S/c13-11(17)8-9-3-1-4-10(7-9)12(16)14-5-2-6-15/h1,3-4,7,15H,2,5-6,8H2,(H2,13,17)(H,14,16). The molecule has 0 fully saturated rings. The van der Waals surface area contributed by atoms with Crippen LogP contribution in [0.25, 0.3) is 0 Å². The van der Waals surface area contributed by atoms with Gasteiger partial charge in [0.1, 0.15) is 0 Å². The Kier molecular flexibility index (Phi) is 5.59. The summed E-state index contributed by atoms with van der Waals surface area (Å²) in [5.41, 5.74) is 6.96. The molecule has 1 aromatic rings. The summed E-state index contributed by atoms with van der Waals surface area (Å²) in [4.78, 5) is 12.1. The Morgan fingerprint density at radius 1 is 1.47 bits per heavy atom. The predicted molar refractivity (Wildman–Crippen MR) is 71.0 cm³/mol. The fourth-order valence-electron chi connectivity index (χ4n) is 1.41. The first-order chi connectivity index (χ1) is 8.13. The van der Waals surface area contributed by atoms with Gasteiger partial charge in [-0.25, -0.2) is 0 Å². The number of carbonyl (C=O) groups is 1. The Morgan fingerprint density at radius 3 is 2.88 bits per heavy atom. The maximum absolute atomic E-state index is 11.7. The van der Waals surface area contributed by atoms with Crippen molar-refractivity contribution in [3.8, 4) is 0 Å². The van der Waals surface area contributed by atoms with E-state index in [1.54, 1.807) is 18.2 Å². The highest BCUT2D eigenvalue weighted by molar-refractivity contribution is 7.80. The maximum Gasteiger partial charge on any atom is 0.251 e. The lowest BCUT2D eigenvalue weighted by Crippen LogP contribution is -2.25. The van der Waals surface area contributed by atoms with Crippen LogP contribution < -0.4 is 11.1 Å². The van der Waals surface area contributed by atoms with E-state index in [4.69, 9.17) is 23.1 Å². The number of aliphatic hydroxyl groups excluding tert-OH is 1. The van der Waals surface area contributed by atoms with Crippen LogP contribution in [0.15, 0.2) is 24.3 Å². The van der Waals surface area contributed by atoms with Gasteiger partial charge in [0.25, 0.3) is 5.91 Å². The van der Waals surface area contributed by atoms with Gasteiger partial charge in [0.15, 0.2) is 0 Å². The molecule has 4 N–H and O–H groups in total. The number of benzene rings is 1. The van der Waals surface area contributed by atoms with E-state index in [-0.39, 0.29) is 12.5 Å². The van der Waals surface area contributed by atoms with Crippen LogP contribution >= 0.6 is 12.2 Å². The maximum atomic E-state index is 11.7. The molecule has 0 atom stereocenters. The van der Waals surface area contributed by atoms with Crippen molar-refractivity contribution in [2.45, 2.75) is 12.8 Å². The van der Waals surface area contributed by atoms with Crippen molar-refractivity contribution >= 4 is 23.1 Å². The summed E-state index contributed by atoms with van der Waals surface area (Å²) in [5.74, 6) is -0.150. The molecule has 0 bridgehead atoms. The van der Waals surface area contributed by atoms with Crippen LogP contribution in [0.5, 0.6) is 0 Å². The fraction of sp³-hybridized carbons (Fsp3) is 0.333. The molecule has 0 spiro atoms. The minimum absolute atomic E-state index is 0.0712. The number of aliphatic hydroxyl groups is 1. The predicted octanol–water partition coefficient (Wildman–Crippen LogP) is 0.627. The zero-order valence-electron chi connectivity index (χ0n) is 9.48. The third-order valence-electron chi connectivity index (χ3n) is 2.19. The van der Waals surface area contributed by atoms with Crippen molar-refractivity contribution < 1.29 is 9.90 Å². The fourth-order valence-corrected chi connectivity index (χ4v) is 1.57. The number of thiocarbonyl (C=S) groups is 1. The first-order valence-electron chi connectivity index (χ1n) is 5.40. The Balaban J connectivity index is 2.63. The van der Waals surface area contributed by atoms with Gasteiger partial charge in [-0.15, -0.1) is 0 Å². The van der Waals surface area contributed by atoms with E-state index >= 15 is 0 Å². The highest BCUT2D eigenvalue weighted by atomic mass is 32.1. The normalized spacial score (nSPS) is 9.94. The van der Waals surface area contributed by atoms with Gasteiger partial charge in [0.05, 0.1) is 4.99 Å².